The lowest BCUT2D eigenvalue weighted by Crippen LogP contribution is -2.47. The van der Waals surface area contributed by atoms with Crippen molar-refractivity contribution in [3.63, 3.8) is 0 Å². The van der Waals surface area contributed by atoms with Crippen LogP contribution in [0.3, 0.4) is 0 Å². The minimum absolute atomic E-state index is 0.245. The molecule has 1 rings (SSSR count). The van der Waals surface area contributed by atoms with E-state index < -0.39 is 0 Å². The van der Waals surface area contributed by atoms with E-state index >= 15 is 0 Å². The fraction of sp³-hybridized carbons (Fsp3) is 0.667. The molecule has 0 aromatic heterocycles. The molecular weight excluding hydrogens is 142 g/mol. The maximum Gasteiger partial charge on any atom is 0.219 e. The van der Waals surface area contributed by atoms with Crippen LogP contribution in [-0.4, -0.2) is 29.5 Å². The molecule has 0 amide bonds. The van der Waals surface area contributed by atoms with Crippen LogP contribution in [0, 0.1) is 0 Å². The van der Waals surface area contributed by atoms with E-state index in [1.807, 2.05) is 18.7 Å². The van der Waals surface area contributed by atoms with Gasteiger partial charge in [-0.25, -0.2) is 9.98 Å². The van der Waals surface area contributed by atoms with Crippen molar-refractivity contribution in [2.75, 3.05) is 0 Å². The lowest BCUT2D eigenvalue weighted by atomic mass is 10.3. The van der Waals surface area contributed by atoms with Crippen LogP contribution in [-0.2, 0) is 0 Å². The van der Waals surface area contributed by atoms with Crippen LogP contribution < -0.4 is 11.5 Å². The van der Waals surface area contributed by atoms with E-state index in [9.17, 15) is 0 Å². The van der Waals surface area contributed by atoms with E-state index in [1.54, 1.807) is 6.34 Å². The van der Waals surface area contributed by atoms with Gasteiger partial charge < -0.3 is 10.6 Å². The number of hydrogen-bond donors (Lipinski definition) is 2. The van der Waals surface area contributed by atoms with Crippen molar-refractivity contribution in [3.05, 3.63) is 0 Å². The van der Waals surface area contributed by atoms with E-state index in [2.05, 4.69) is 9.98 Å². The van der Waals surface area contributed by atoms with Gasteiger partial charge in [0.1, 0.15) is 0 Å². The summed E-state index contributed by atoms with van der Waals surface area (Å²) in [5.74, 6) is 0.245. The Labute approximate surface area is 65.8 Å². The zero-order valence-corrected chi connectivity index (χ0v) is 6.73. The molecule has 0 aliphatic carbocycles. The van der Waals surface area contributed by atoms with E-state index in [4.69, 9.17) is 11.5 Å². The Bertz CT molecular complexity index is 195. The van der Waals surface area contributed by atoms with Gasteiger partial charge >= 0.3 is 0 Å². The highest BCUT2D eigenvalue weighted by Crippen LogP contribution is 2.02. The molecular formula is C6H13N5. The van der Waals surface area contributed by atoms with E-state index in [0.29, 0.717) is 6.04 Å². The summed E-state index contributed by atoms with van der Waals surface area (Å²) in [7, 11) is 0. The molecule has 0 aromatic rings. The van der Waals surface area contributed by atoms with Gasteiger partial charge in [0.05, 0.1) is 6.34 Å². The van der Waals surface area contributed by atoms with Crippen molar-refractivity contribution in [1.82, 2.24) is 4.90 Å². The highest BCUT2D eigenvalue weighted by atomic mass is 15.4. The van der Waals surface area contributed by atoms with E-state index in [-0.39, 0.29) is 12.2 Å². The second kappa shape index (κ2) is 2.87. The average molecular weight is 155 g/mol. The zero-order valence-electron chi connectivity index (χ0n) is 6.73. The average Bonchev–Trinajstić information content (AvgIpc) is 1.85. The third-order valence-corrected chi connectivity index (χ3v) is 1.49. The lowest BCUT2D eigenvalue weighted by molar-refractivity contribution is 0.278. The number of rotatable bonds is 1. The lowest BCUT2D eigenvalue weighted by Gasteiger charge is -2.29. The van der Waals surface area contributed by atoms with Crippen molar-refractivity contribution >= 4 is 12.3 Å². The minimum Gasteiger partial charge on any atom is -0.368 e. The number of guanidine groups is 1. The Hall–Kier alpha value is -1.10. The van der Waals surface area contributed by atoms with Gasteiger partial charge in [0, 0.05) is 6.04 Å². The van der Waals surface area contributed by atoms with Gasteiger partial charge in [0.2, 0.25) is 5.96 Å². The van der Waals surface area contributed by atoms with Gasteiger partial charge in [-0.05, 0) is 13.8 Å². The summed E-state index contributed by atoms with van der Waals surface area (Å²) in [6.07, 6.45) is 1.24. The Morgan fingerprint density at radius 3 is 2.73 bits per heavy atom. The smallest absolute Gasteiger partial charge is 0.219 e. The first-order valence-electron chi connectivity index (χ1n) is 3.51. The molecule has 1 aliphatic rings. The third-order valence-electron chi connectivity index (χ3n) is 1.49. The number of hydrogen-bond acceptors (Lipinski definition) is 5. The van der Waals surface area contributed by atoms with Gasteiger partial charge in [0.25, 0.3) is 0 Å². The maximum absolute atomic E-state index is 5.64. The normalized spacial score (nSPS) is 24.2. The Kier molecular flexibility index (Phi) is 2.09. The fourth-order valence-corrected chi connectivity index (χ4v) is 0.868. The molecule has 5 nitrogen and oxygen atoms in total. The quantitative estimate of drug-likeness (QED) is 0.525. The second-order valence-electron chi connectivity index (χ2n) is 2.69. The van der Waals surface area contributed by atoms with Gasteiger partial charge in [0.15, 0.2) is 6.29 Å². The highest BCUT2D eigenvalue weighted by molar-refractivity contribution is 5.87. The van der Waals surface area contributed by atoms with Gasteiger partial charge in [-0.15, -0.1) is 0 Å². The highest BCUT2D eigenvalue weighted by Gasteiger charge is 2.16. The molecule has 1 heterocycles. The van der Waals surface area contributed by atoms with Crippen LogP contribution in [0.25, 0.3) is 0 Å². The first-order valence-corrected chi connectivity index (χ1v) is 3.51. The summed E-state index contributed by atoms with van der Waals surface area (Å²) < 4.78 is 0. The number of aliphatic imine (C=N–C) groups is 2. The molecule has 4 N–H and O–H groups in total. The summed E-state index contributed by atoms with van der Waals surface area (Å²) in [4.78, 5) is 9.55. The second-order valence-corrected chi connectivity index (χ2v) is 2.69. The zero-order chi connectivity index (χ0) is 8.43. The molecule has 5 heteroatoms. The SMILES string of the molecule is CC(C)N1C=NC(N)=NC1N. The molecule has 1 aliphatic heterocycles. The Morgan fingerprint density at radius 2 is 2.27 bits per heavy atom. The Morgan fingerprint density at radius 1 is 1.64 bits per heavy atom. The summed E-state index contributed by atoms with van der Waals surface area (Å²) in [5.41, 5.74) is 11.0. The molecule has 0 spiro atoms. The van der Waals surface area contributed by atoms with Crippen LogP contribution in [0.4, 0.5) is 0 Å². The van der Waals surface area contributed by atoms with Crippen LogP contribution in [0.2, 0.25) is 0 Å². The first-order chi connectivity index (χ1) is 5.11. The molecule has 1 unspecified atom stereocenters. The minimum atomic E-state index is -0.382. The topological polar surface area (TPSA) is 80.0 Å². The van der Waals surface area contributed by atoms with Crippen LogP contribution >= 0.6 is 0 Å². The molecule has 62 valence electrons. The largest absolute Gasteiger partial charge is 0.368 e. The first kappa shape index (κ1) is 8.00. The molecule has 0 saturated carbocycles. The molecule has 0 bridgehead atoms. The van der Waals surface area contributed by atoms with Crippen molar-refractivity contribution in [2.24, 2.45) is 21.5 Å². The van der Waals surface area contributed by atoms with E-state index in [1.165, 1.54) is 0 Å². The molecule has 0 fully saturated rings. The van der Waals surface area contributed by atoms with Crippen LogP contribution in [0.1, 0.15) is 13.8 Å². The molecule has 0 radical (unpaired) electrons. The molecule has 1 atom stereocenters. The third kappa shape index (κ3) is 1.68. The van der Waals surface area contributed by atoms with Gasteiger partial charge in [-0.2, -0.15) is 0 Å². The Balaban J connectivity index is 2.69. The molecule has 0 saturated heterocycles. The van der Waals surface area contributed by atoms with Crippen molar-refractivity contribution in [1.29, 1.82) is 0 Å². The van der Waals surface area contributed by atoms with Crippen LogP contribution in [0.15, 0.2) is 9.98 Å². The molecule has 0 aromatic carbocycles. The number of nitrogens with two attached hydrogens (primary N) is 2. The molecule has 11 heavy (non-hydrogen) atoms. The summed E-state index contributed by atoms with van der Waals surface area (Å²) in [6.45, 7) is 4.03. The van der Waals surface area contributed by atoms with Crippen LogP contribution in [0.5, 0.6) is 0 Å². The van der Waals surface area contributed by atoms with Crippen molar-refractivity contribution in [2.45, 2.75) is 26.2 Å². The van der Waals surface area contributed by atoms with E-state index in [0.717, 1.165) is 0 Å². The predicted octanol–water partition coefficient (Wildman–Crippen LogP) is -0.704. The van der Waals surface area contributed by atoms with Crippen molar-refractivity contribution < 1.29 is 0 Å². The van der Waals surface area contributed by atoms with Gasteiger partial charge in [-0.1, -0.05) is 0 Å². The predicted molar refractivity (Wildman–Crippen MR) is 45.1 cm³/mol. The standard InChI is InChI=1S/C6H13N5/c1-4(2)11-3-9-5(7)10-6(11)8/h3-4,6H,8H2,1-2H3,(H2,7,10). The number of nitrogens with zero attached hydrogens (tertiary/aromatic N) is 3. The summed E-state index contributed by atoms with van der Waals surface area (Å²) in [6, 6.07) is 0.297. The van der Waals surface area contributed by atoms with Crippen molar-refractivity contribution in [3.8, 4) is 0 Å². The monoisotopic (exact) mass is 155 g/mol. The van der Waals surface area contributed by atoms with Gasteiger partial charge in [-0.3, -0.25) is 5.73 Å². The maximum atomic E-state index is 5.64. The summed E-state index contributed by atoms with van der Waals surface area (Å²) in [5, 5.41) is 0. The fourth-order valence-electron chi connectivity index (χ4n) is 0.868. The summed E-state index contributed by atoms with van der Waals surface area (Å²) >= 11 is 0.